The number of hydrogen-bond donors (Lipinski definition) is 1. The molecule has 2 heterocycles. The van der Waals surface area contributed by atoms with E-state index in [0.717, 1.165) is 19.6 Å². The molecule has 0 radical (unpaired) electrons. The Morgan fingerprint density at radius 2 is 2.54 bits per heavy atom. The van der Waals surface area contributed by atoms with Crippen LogP contribution < -0.4 is 5.73 Å². The summed E-state index contributed by atoms with van der Waals surface area (Å²) in [5, 5.41) is 0.670. The van der Waals surface area contributed by atoms with E-state index in [-0.39, 0.29) is 12.4 Å². The molecule has 0 aromatic carbocycles. The molecule has 1 saturated heterocycles. The van der Waals surface area contributed by atoms with Crippen molar-refractivity contribution in [3.05, 3.63) is 11.1 Å². The fourth-order valence-corrected chi connectivity index (χ4v) is 2.24. The molecular weight excluding hydrogens is 208 g/mol. The zero-order chi connectivity index (χ0) is 8.39. The average molecular weight is 221 g/mol. The molecule has 1 aromatic rings. The fraction of sp³-hybridized carbons (Fsp3) is 0.625. The van der Waals surface area contributed by atoms with E-state index in [0.29, 0.717) is 11.0 Å². The van der Waals surface area contributed by atoms with Gasteiger partial charge in [0.25, 0.3) is 0 Å². The Kier molecular flexibility index (Phi) is 3.96. The minimum atomic E-state index is 0. The van der Waals surface area contributed by atoms with Crippen LogP contribution in [0.5, 0.6) is 0 Å². The average Bonchev–Trinajstić information content (AvgIpc) is 2.63. The van der Waals surface area contributed by atoms with Gasteiger partial charge < -0.3 is 10.5 Å². The van der Waals surface area contributed by atoms with Crippen LogP contribution in [0.4, 0.5) is 5.13 Å². The third-order valence-corrected chi connectivity index (χ3v) is 2.93. The van der Waals surface area contributed by atoms with Crippen LogP contribution in [-0.4, -0.2) is 18.2 Å². The first kappa shape index (κ1) is 10.8. The predicted molar refractivity (Wildman–Crippen MR) is 56.4 cm³/mol. The molecule has 74 valence electrons. The molecule has 1 aliphatic heterocycles. The maximum atomic E-state index is 5.53. The molecule has 1 aromatic heterocycles. The number of nitrogens with two attached hydrogens (primary N) is 1. The number of rotatable bonds is 2. The molecule has 5 heteroatoms. The van der Waals surface area contributed by atoms with Crippen molar-refractivity contribution < 1.29 is 4.74 Å². The lowest BCUT2D eigenvalue weighted by molar-refractivity contribution is 0.186. The van der Waals surface area contributed by atoms with Crippen molar-refractivity contribution >= 4 is 28.9 Å². The van der Waals surface area contributed by atoms with Gasteiger partial charge in [0, 0.05) is 24.3 Å². The highest BCUT2D eigenvalue weighted by Gasteiger charge is 2.16. The van der Waals surface area contributed by atoms with E-state index in [2.05, 4.69) is 4.98 Å². The minimum absolute atomic E-state index is 0. The van der Waals surface area contributed by atoms with Crippen molar-refractivity contribution in [3.8, 4) is 0 Å². The maximum Gasteiger partial charge on any atom is 0.180 e. The van der Waals surface area contributed by atoms with Crippen LogP contribution in [0, 0.1) is 5.92 Å². The summed E-state index contributed by atoms with van der Waals surface area (Å²) in [5.41, 5.74) is 5.53. The number of ether oxygens (including phenoxy) is 1. The van der Waals surface area contributed by atoms with Crippen LogP contribution in [0.15, 0.2) is 6.20 Å². The quantitative estimate of drug-likeness (QED) is 0.826. The van der Waals surface area contributed by atoms with E-state index in [1.165, 1.54) is 11.3 Å². The van der Waals surface area contributed by atoms with Gasteiger partial charge in [0.1, 0.15) is 0 Å². The van der Waals surface area contributed by atoms with Gasteiger partial charge in [0.15, 0.2) is 5.13 Å². The van der Waals surface area contributed by atoms with Gasteiger partial charge in [-0.2, -0.15) is 0 Å². The molecule has 0 amide bonds. The number of anilines is 1. The van der Waals surface area contributed by atoms with Crippen molar-refractivity contribution in [2.24, 2.45) is 5.92 Å². The maximum absolute atomic E-state index is 5.53. The fourth-order valence-electron chi connectivity index (χ4n) is 1.45. The summed E-state index contributed by atoms with van der Waals surface area (Å²) in [5.74, 6) is 0.685. The standard InChI is InChI=1S/C8H12N2OS.ClH/c9-8-10-4-7(12-8)3-6-1-2-11-5-6;/h4,6H,1-3,5H2,(H2,9,10);1H. The van der Waals surface area contributed by atoms with Crippen molar-refractivity contribution in [1.29, 1.82) is 0 Å². The smallest absolute Gasteiger partial charge is 0.180 e. The third-order valence-electron chi connectivity index (χ3n) is 2.09. The first-order chi connectivity index (χ1) is 5.84. The molecule has 2 N–H and O–H groups in total. The van der Waals surface area contributed by atoms with Gasteiger partial charge in [-0.1, -0.05) is 0 Å². The summed E-state index contributed by atoms with van der Waals surface area (Å²) in [6, 6.07) is 0. The van der Waals surface area contributed by atoms with E-state index >= 15 is 0 Å². The minimum Gasteiger partial charge on any atom is -0.381 e. The van der Waals surface area contributed by atoms with E-state index in [1.54, 1.807) is 11.3 Å². The van der Waals surface area contributed by atoms with E-state index < -0.39 is 0 Å². The van der Waals surface area contributed by atoms with Crippen molar-refractivity contribution in [3.63, 3.8) is 0 Å². The number of aromatic nitrogens is 1. The summed E-state index contributed by atoms with van der Waals surface area (Å²) >= 11 is 1.59. The molecule has 2 rings (SSSR count). The summed E-state index contributed by atoms with van der Waals surface area (Å²) in [6.07, 6.45) is 4.13. The van der Waals surface area contributed by atoms with Gasteiger partial charge in [0.05, 0.1) is 0 Å². The van der Waals surface area contributed by atoms with Crippen LogP contribution in [0.2, 0.25) is 0 Å². The molecule has 1 atom stereocenters. The van der Waals surface area contributed by atoms with Gasteiger partial charge in [-0.3, -0.25) is 0 Å². The van der Waals surface area contributed by atoms with Crippen LogP contribution in [0.1, 0.15) is 11.3 Å². The van der Waals surface area contributed by atoms with Gasteiger partial charge in [0.2, 0.25) is 0 Å². The summed E-state index contributed by atoms with van der Waals surface area (Å²) in [6.45, 7) is 1.82. The normalized spacial score (nSPS) is 21.4. The van der Waals surface area contributed by atoms with E-state index in [4.69, 9.17) is 10.5 Å². The summed E-state index contributed by atoms with van der Waals surface area (Å²) in [7, 11) is 0. The molecule has 0 spiro atoms. The summed E-state index contributed by atoms with van der Waals surface area (Å²) in [4.78, 5) is 5.29. The molecule has 1 aliphatic rings. The topological polar surface area (TPSA) is 48.1 Å². The molecule has 13 heavy (non-hydrogen) atoms. The van der Waals surface area contributed by atoms with Gasteiger partial charge >= 0.3 is 0 Å². The van der Waals surface area contributed by atoms with Crippen molar-refractivity contribution in [1.82, 2.24) is 4.98 Å². The number of thiazole rings is 1. The molecule has 1 fully saturated rings. The Balaban J connectivity index is 0.000000845. The molecule has 0 saturated carbocycles. The lowest BCUT2D eigenvalue weighted by Crippen LogP contribution is -2.01. The largest absolute Gasteiger partial charge is 0.381 e. The zero-order valence-corrected chi connectivity index (χ0v) is 8.87. The number of nitrogens with zero attached hydrogens (tertiary/aromatic N) is 1. The van der Waals surface area contributed by atoms with Crippen LogP contribution >= 0.6 is 23.7 Å². The summed E-state index contributed by atoms with van der Waals surface area (Å²) < 4.78 is 5.29. The molecule has 1 unspecified atom stereocenters. The zero-order valence-electron chi connectivity index (χ0n) is 7.23. The third kappa shape index (κ3) is 2.83. The van der Waals surface area contributed by atoms with Gasteiger partial charge in [-0.15, -0.1) is 23.7 Å². The van der Waals surface area contributed by atoms with Crippen molar-refractivity contribution in [2.45, 2.75) is 12.8 Å². The first-order valence-electron chi connectivity index (χ1n) is 4.12. The van der Waals surface area contributed by atoms with Gasteiger partial charge in [-0.05, 0) is 18.8 Å². The van der Waals surface area contributed by atoms with Crippen LogP contribution in [-0.2, 0) is 11.2 Å². The number of halogens is 1. The van der Waals surface area contributed by atoms with E-state index in [9.17, 15) is 0 Å². The SMILES string of the molecule is Cl.Nc1ncc(CC2CCOC2)s1. The molecule has 0 bridgehead atoms. The lowest BCUT2D eigenvalue weighted by Gasteiger charge is -2.02. The molecular formula is C8H13ClN2OS. The Morgan fingerprint density at radius 3 is 3.08 bits per heavy atom. The number of nitrogen functional groups attached to an aromatic ring is 1. The molecule has 3 nitrogen and oxygen atoms in total. The Hall–Kier alpha value is -0.320. The van der Waals surface area contributed by atoms with E-state index in [1.807, 2.05) is 6.20 Å². The lowest BCUT2D eigenvalue weighted by atomic mass is 10.1. The Labute approximate surface area is 87.7 Å². The second-order valence-electron chi connectivity index (χ2n) is 3.10. The Bertz CT molecular complexity index is 260. The Morgan fingerprint density at radius 1 is 1.69 bits per heavy atom. The molecule has 0 aliphatic carbocycles. The number of hydrogen-bond acceptors (Lipinski definition) is 4. The second-order valence-corrected chi connectivity index (χ2v) is 4.25. The first-order valence-corrected chi connectivity index (χ1v) is 4.94. The van der Waals surface area contributed by atoms with Crippen LogP contribution in [0.25, 0.3) is 0 Å². The highest BCUT2D eigenvalue weighted by atomic mass is 35.5. The van der Waals surface area contributed by atoms with Crippen molar-refractivity contribution in [2.75, 3.05) is 18.9 Å². The second kappa shape index (κ2) is 4.79. The monoisotopic (exact) mass is 220 g/mol. The predicted octanol–water partition coefficient (Wildman–Crippen LogP) is 1.73. The highest BCUT2D eigenvalue weighted by molar-refractivity contribution is 7.15. The van der Waals surface area contributed by atoms with Crippen LogP contribution in [0.3, 0.4) is 0 Å². The highest BCUT2D eigenvalue weighted by Crippen LogP contribution is 2.22. The van der Waals surface area contributed by atoms with Gasteiger partial charge in [-0.25, -0.2) is 4.98 Å².